The largest absolute Gasteiger partial charge is 0.462 e. The summed E-state index contributed by atoms with van der Waals surface area (Å²) in [5.74, 6) is 2.82. The van der Waals surface area contributed by atoms with Crippen LogP contribution in [-0.2, 0) is 14.3 Å². The first-order valence-electron chi connectivity index (χ1n) is 13.8. The van der Waals surface area contributed by atoms with Gasteiger partial charge in [0.25, 0.3) is 0 Å². The minimum absolute atomic E-state index is 0.190. The predicted molar refractivity (Wildman–Crippen MR) is 134 cm³/mol. The van der Waals surface area contributed by atoms with E-state index in [9.17, 15) is 9.90 Å². The van der Waals surface area contributed by atoms with E-state index in [2.05, 4.69) is 59.8 Å². The van der Waals surface area contributed by atoms with E-state index in [-0.39, 0.29) is 34.6 Å². The third kappa shape index (κ3) is 3.26. The number of hydrogen-bond acceptors (Lipinski definition) is 4. The fourth-order valence-electron chi connectivity index (χ4n) is 8.87. The lowest BCUT2D eigenvalue weighted by Crippen LogP contribution is -2.64. The van der Waals surface area contributed by atoms with Crippen LogP contribution in [0.15, 0.2) is 23.8 Å². The molecule has 10 atom stereocenters. The van der Waals surface area contributed by atoms with Gasteiger partial charge < -0.3 is 14.6 Å². The lowest BCUT2D eigenvalue weighted by molar-refractivity contribution is -0.183. The summed E-state index contributed by atoms with van der Waals surface area (Å²) in [5.41, 5.74) is 0.244. The van der Waals surface area contributed by atoms with Gasteiger partial charge >= 0.3 is 5.97 Å². The third-order valence-electron chi connectivity index (χ3n) is 11.3. The highest BCUT2D eigenvalue weighted by molar-refractivity contribution is 5.66. The molecular weight excluding hydrogens is 424 g/mol. The molecule has 1 saturated heterocycles. The second kappa shape index (κ2) is 7.93. The SMILES string of the molecule is CC(=O)O[C@@H]1CC[C@@]2(C)[C@@](O)(CC=C3[C@H]4CC[C@H]([C@H](C)/C=C/[C@H](C)C(C)C)[C@]4(C)C[C@H]4O[C@]342)C1. The maximum absolute atomic E-state index is 12.0. The smallest absolute Gasteiger partial charge is 0.302 e. The molecule has 0 aromatic rings. The molecular formula is C30H46O4. The van der Waals surface area contributed by atoms with Crippen LogP contribution in [0.4, 0.5) is 0 Å². The quantitative estimate of drug-likeness (QED) is 0.294. The van der Waals surface area contributed by atoms with Gasteiger partial charge in [0.1, 0.15) is 11.7 Å². The topological polar surface area (TPSA) is 59.1 Å². The number of carbonyl (C=O) groups is 1. The molecule has 0 amide bonds. The van der Waals surface area contributed by atoms with Crippen molar-refractivity contribution in [1.29, 1.82) is 0 Å². The number of carbonyl (C=O) groups excluding carboxylic acids is 1. The van der Waals surface area contributed by atoms with Crippen molar-refractivity contribution in [1.82, 2.24) is 0 Å². The van der Waals surface area contributed by atoms with E-state index in [4.69, 9.17) is 9.47 Å². The fraction of sp³-hybridized carbons (Fsp3) is 0.833. The number of fused-ring (bicyclic) bond motifs is 3. The summed E-state index contributed by atoms with van der Waals surface area (Å²) in [6, 6.07) is 0. The normalized spacial score (nSPS) is 48.9. The van der Waals surface area contributed by atoms with Crippen LogP contribution < -0.4 is 0 Å². The Balaban J connectivity index is 1.41. The van der Waals surface area contributed by atoms with Crippen LogP contribution in [0, 0.1) is 40.4 Å². The molecule has 0 aromatic carbocycles. The van der Waals surface area contributed by atoms with E-state index in [0.29, 0.717) is 42.4 Å². The van der Waals surface area contributed by atoms with Crippen LogP contribution in [0.2, 0.25) is 0 Å². The molecule has 4 fully saturated rings. The van der Waals surface area contributed by atoms with Crippen LogP contribution in [0.5, 0.6) is 0 Å². The summed E-state index contributed by atoms with van der Waals surface area (Å²) < 4.78 is 12.3. The Morgan fingerprint density at radius 2 is 1.88 bits per heavy atom. The van der Waals surface area contributed by atoms with Gasteiger partial charge in [0.2, 0.25) is 0 Å². The lowest BCUT2D eigenvalue weighted by atomic mass is 9.46. The first kappa shape index (κ1) is 24.6. The van der Waals surface area contributed by atoms with Gasteiger partial charge in [-0.3, -0.25) is 4.79 Å². The summed E-state index contributed by atoms with van der Waals surface area (Å²) in [4.78, 5) is 11.6. The van der Waals surface area contributed by atoms with Crippen molar-refractivity contribution in [3.05, 3.63) is 23.8 Å². The number of allylic oxidation sites excluding steroid dienone is 2. The molecule has 3 saturated carbocycles. The van der Waals surface area contributed by atoms with Crippen molar-refractivity contribution in [3.63, 3.8) is 0 Å². The number of ether oxygens (including phenoxy) is 2. The Labute approximate surface area is 206 Å². The maximum Gasteiger partial charge on any atom is 0.302 e. The van der Waals surface area contributed by atoms with E-state index in [0.717, 1.165) is 19.3 Å². The minimum Gasteiger partial charge on any atom is -0.462 e. The summed E-state index contributed by atoms with van der Waals surface area (Å²) in [6.07, 6.45) is 13.7. The highest BCUT2D eigenvalue weighted by atomic mass is 16.6. The monoisotopic (exact) mass is 470 g/mol. The van der Waals surface area contributed by atoms with E-state index >= 15 is 0 Å². The van der Waals surface area contributed by atoms with Gasteiger partial charge in [-0.25, -0.2) is 0 Å². The third-order valence-corrected chi connectivity index (χ3v) is 11.3. The lowest BCUT2D eigenvalue weighted by Gasteiger charge is -2.59. The summed E-state index contributed by atoms with van der Waals surface area (Å²) in [7, 11) is 0. The summed E-state index contributed by atoms with van der Waals surface area (Å²) in [6.45, 7) is 15.6. The van der Waals surface area contributed by atoms with E-state index in [1.165, 1.54) is 25.3 Å². The molecule has 0 bridgehead atoms. The van der Waals surface area contributed by atoms with Gasteiger partial charge in [-0.1, -0.05) is 59.8 Å². The van der Waals surface area contributed by atoms with E-state index in [1.54, 1.807) is 0 Å². The molecule has 1 heterocycles. The number of rotatable bonds is 5. The second-order valence-corrected chi connectivity index (χ2v) is 13.3. The zero-order valence-corrected chi connectivity index (χ0v) is 22.4. The molecule has 0 aromatic heterocycles. The molecule has 1 spiro atoms. The molecule has 1 N–H and O–H groups in total. The van der Waals surface area contributed by atoms with Crippen molar-refractivity contribution < 1.29 is 19.4 Å². The molecule has 0 unspecified atom stereocenters. The van der Waals surface area contributed by atoms with Crippen molar-refractivity contribution >= 4 is 5.97 Å². The van der Waals surface area contributed by atoms with Crippen LogP contribution in [0.1, 0.15) is 93.4 Å². The average Bonchev–Trinajstić information content (AvgIpc) is 3.36. The van der Waals surface area contributed by atoms with Gasteiger partial charge in [0.15, 0.2) is 0 Å². The van der Waals surface area contributed by atoms with Gasteiger partial charge in [0, 0.05) is 18.8 Å². The first-order chi connectivity index (χ1) is 15.9. The number of epoxide rings is 1. The van der Waals surface area contributed by atoms with Crippen LogP contribution in [-0.4, -0.2) is 34.5 Å². The molecule has 4 aliphatic carbocycles. The standard InChI is InChI=1S/C30H46O4/c1-18(2)19(3)8-9-20(4)23-10-11-24-25-13-15-29(32)16-22(33-21(5)31)12-14-28(29,7)30(25)26(34-30)17-27(23,24)6/h8-9,13,18-20,22-24,26,32H,10-12,14-17H2,1-7H3/b9-8+/t19-,20+,22+,23+,24+,26+,27-,28-,29+,30+/m0/s1. The van der Waals surface area contributed by atoms with Gasteiger partial charge in [0.05, 0.1) is 11.7 Å². The maximum atomic E-state index is 12.0. The van der Waals surface area contributed by atoms with Crippen LogP contribution in [0.3, 0.4) is 0 Å². The molecule has 5 aliphatic rings. The molecule has 4 nitrogen and oxygen atoms in total. The zero-order valence-electron chi connectivity index (χ0n) is 22.4. The van der Waals surface area contributed by atoms with Gasteiger partial charge in [-0.15, -0.1) is 0 Å². The number of hydrogen-bond donors (Lipinski definition) is 1. The molecule has 5 rings (SSSR count). The van der Waals surface area contributed by atoms with Gasteiger partial charge in [-0.2, -0.15) is 0 Å². The highest BCUT2D eigenvalue weighted by Crippen LogP contribution is 2.76. The Bertz CT molecular complexity index is 905. The Kier molecular flexibility index (Phi) is 5.73. The Hall–Kier alpha value is -1.13. The number of esters is 1. The second-order valence-electron chi connectivity index (χ2n) is 13.3. The van der Waals surface area contributed by atoms with Crippen molar-refractivity contribution in [2.45, 2.75) is 117 Å². The zero-order chi connectivity index (χ0) is 24.7. The Morgan fingerprint density at radius 1 is 1.15 bits per heavy atom. The molecule has 34 heavy (non-hydrogen) atoms. The summed E-state index contributed by atoms with van der Waals surface area (Å²) >= 11 is 0. The van der Waals surface area contributed by atoms with E-state index in [1.807, 2.05) is 0 Å². The molecule has 0 radical (unpaired) electrons. The highest BCUT2D eigenvalue weighted by Gasteiger charge is 2.80. The first-order valence-corrected chi connectivity index (χ1v) is 13.8. The molecule has 190 valence electrons. The fourth-order valence-corrected chi connectivity index (χ4v) is 8.87. The van der Waals surface area contributed by atoms with Crippen LogP contribution >= 0.6 is 0 Å². The average molecular weight is 471 g/mol. The van der Waals surface area contributed by atoms with E-state index < -0.39 is 5.60 Å². The van der Waals surface area contributed by atoms with Crippen molar-refractivity contribution in [2.24, 2.45) is 40.4 Å². The predicted octanol–water partition coefficient (Wildman–Crippen LogP) is 6.23. The van der Waals surface area contributed by atoms with Crippen molar-refractivity contribution in [2.75, 3.05) is 0 Å². The summed E-state index contributed by atoms with van der Waals surface area (Å²) in [5, 5.41) is 12.0. The minimum atomic E-state index is -0.877. The number of aliphatic hydroxyl groups is 1. The Morgan fingerprint density at radius 3 is 2.56 bits per heavy atom. The molecule has 1 aliphatic heterocycles. The van der Waals surface area contributed by atoms with Crippen LogP contribution in [0.25, 0.3) is 0 Å². The van der Waals surface area contributed by atoms with Gasteiger partial charge in [-0.05, 0) is 79.1 Å². The molecule has 4 heteroatoms. The van der Waals surface area contributed by atoms with Crippen molar-refractivity contribution in [3.8, 4) is 0 Å².